The first-order chi connectivity index (χ1) is 12.6. The number of nitrogens with zero attached hydrogens (tertiary/aromatic N) is 6. The van der Waals surface area contributed by atoms with Crippen molar-refractivity contribution in [3.63, 3.8) is 0 Å². The lowest BCUT2D eigenvalue weighted by Gasteiger charge is -2.28. The predicted octanol–water partition coefficient (Wildman–Crippen LogP) is 2.59. The quantitative estimate of drug-likeness (QED) is 0.830. The maximum atomic E-state index is 12.7. The molecule has 0 bridgehead atoms. The Balaban J connectivity index is 1.82. The molecule has 0 spiro atoms. The fourth-order valence-corrected chi connectivity index (χ4v) is 3.60. The van der Waals surface area contributed by atoms with Crippen LogP contribution in [0.25, 0.3) is 0 Å². The van der Waals surface area contributed by atoms with E-state index in [9.17, 15) is 4.79 Å². The lowest BCUT2D eigenvalue weighted by Crippen LogP contribution is -2.31. The van der Waals surface area contributed by atoms with Gasteiger partial charge in [0.1, 0.15) is 10.6 Å². The van der Waals surface area contributed by atoms with E-state index < -0.39 is 0 Å². The van der Waals surface area contributed by atoms with Gasteiger partial charge in [-0.3, -0.25) is 4.79 Å². The lowest BCUT2D eigenvalue weighted by molar-refractivity contribution is 0.102. The van der Waals surface area contributed by atoms with Gasteiger partial charge in [-0.2, -0.15) is 4.98 Å². The number of aryl methyl sites for hydroxylation is 1. The summed E-state index contributed by atoms with van der Waals surface area (Å²) in [5.74, 6) is 1.21. The number of hydrogen-bond donors (Lipinski definition) is 1. The predicted molar refractivity (Wildman–Crippen MR) is 104 cm³/mol. The number of amides is 1. The van der Waals surface area contributed by atoms with Crippen molar-refractivity contribution in [3.8, 4) is 0 Å². The van der Waals surface area contributed by atoms with Crippen molar-refractivity contribution < 1.29 is 4.79 Å². The Morgan fingerprint density at radius 3 is 2.77 bits per heavy atom. The molecule has 2 aromatic rings. The SMILES string of the molecule is CCCc1nnsc1C(=O)Nc1cnc(N2CCCCC2)nc1N(C)C. The van der Waals surface area contributed by atoms with Gasteiger partial charge in [0.05, 0.1) is 11.9 Å². The zero-order valence-electron chi connectivity index (χ0n) is 15.5. The van der Waals surface area contributed by atoms with Crippen molar-refractivity contribution in [1.29, 1.82) is 0 Å². The van der Waals surface area contributed by atoms with Crippen molar-refractivity contribution in [2.24, 2.45) is 0 Å². The molecule has 140 valence electrons. The molecule has 0 saturated carbocycles. The van der Waals surface area contributed by atoms with Crippen LogP contribution in [0.5, 0.6) is 0 Å². The molecule has 0 aromatic carbocycles. The van der Waals surface area contributed by atoms with Crippen LogP contribution in [0.1, 0.15) is 48.0 Å². The molecule has 1 amide bonds. The van der Waals surface area contributed by atoms with Crippen molar-refractivity contribution in [2.45, 2.75) is 39.0 Å². The van der Waals surface area contributed by atoms with Crippen LogP contribution in [0.3, 0.4) is 0 Å². The second-order valence-electron chi connectivity index (χ2n) is 6.60. The minimum absolute atomic E-state index is 0.208. The molecule has 3 rings (SSSR count). The highest BCUT2D eigenvalue weighted by Crippen LogP contribution is 2.26. The van der Waals surface area contributed by atoms with Gasteiger partial charge in [0, 0.05) is 27.2 Å². The Morgan fingerprint density at radius 2 is 2.08 bits per heavy atom. The van der Waals surface area contributed by atoms with E-state index in [2.05, 4.69) is 36.7 Å². The Labute approximate surface area is 157 Å². The first-order valence-corrected chi connectivity index (χ1v) is 9.79. The van der Waals surface area contributed by atoms with Crippen molar-refractivity contribution in [3.05, 3.63) is 16.8 Å². The van der Waals surface area contributed by atoms with E-state index in [0.29, 0.717) is 16.4 Å². The molecule has 8 nitrogen and oxygen atoms in total. The molecule has 26 heavy (non-hydrogen) atoms. The zero-order chi connectivity index (χ0) is 18.5. The van der Waals surface area contributed by atoms with Crippen LogP contribution < -0.4 is 15.1 Å². The Hall–Kier alpha value is -2.29. The highest BCUT2D eigenvalue weighted by atomic mass is 32.1. The topological polar surface area (TPSA) is 87.1 Å². The van der Waals surface area contributed by atoms with Crippen LogP contribution in [0, 0.1) is 0 Å². The summed E-state index contributed by atoms with van der Waals surface area (Å²) in [5.41, 5.74) is 1.34. The minimum atomic E-state index is -0.208. The Kier molecular flexibility index (Phi) is 5.97. The molecule has 9 heteroatoms. The molecular formula is C17H25N7OS. The van der Waals surface area contributed by atoms with Gasteiger partial charge in [0.2, 0.25) is 5.95 Å². The van der Waals surface area contributed by atoms with Gasteiger partial charge in [-0.25, -0.2) is 4.98 Å². The minimum Gasteiger partial charge on any atom is -0.361 e. The highest BCUT2D eigenvalue weighted by Gasteiger charge is 2.20. The molecule has 1 N–H and O–H groups in total. The zero-order valence-corrected chi connectivity index (χ0v) is 16.3. The van der Waals surface area contributed by atoms with E-state index in [-0.39, 0.29) is 5.91 Å². The van der Waals surface area contributed by atoms with Gasteiger partial charge < -0.3 is 15.1 Å². The summed E-state index contributed by atoms with van der Waals surface area (Å²) in [6, 6.07) is 0. The molecule has 0 aliphatic carbocycles. The summed E-state index contributed by atoms with van der Waals surface area (Å²) >= 11 is 1.12. The van der Waals surface area contributed by atoms with E-state index in [0.717, 1.165) is 61.9 Å². The van der Waals surface area contributed by atoms with Gasteiger partial charge in [0.15, 0.2) is 5.82 Å². The fraction of sp³-hybridized carbons (Fsp3) is 0.588. The standard InChI is InChI=1S/C17H25N7OS/c1-4-8-12-14(26-22-21-12)16(25)19-13-11-18-17(20-15(13)23(2)3)24-9-6-5-7-10-24/h11H,4-10H2,1-3H3,(H,19,25). The molecule has 1 aliphatic rings. The summed E-state index contributed by atoms with van der Waals surface area (Å²) in [6.07, 6.45) is 6.94. The maximum absolute atomic E-state index is 12.7. The third-order valence-corrected chi connectivity index (χ3v) is 5.08. The van der Waals surface area contributed by atoms with Gasteiger partial charge in [-0.05, 0) is 37.2 Å². The van der Waals surface area contributed by atoms with Crippen LogP contribution in [-0.2, 0) is 6.42 Å². The Morgan fingerprint density at radius 1 is 1.31 bits per heavy atom. The van der Waals surface area contributed by atoms with E-state index in [1.807, 2.05) is 19.0 Å². The monoisotopic (exact) mass is 375 g/mol. The number of hydrogen-bond acceptors (Lipinski definition) is 8. The highest BCUT2D eigenvalue weighted by molar-refractivity contribution is 7.08. The van der Waals surface area contributed by atoms with E-state index in [1.54, 1.807) is 6.20 Å². The van der Waals surface area contributed by atoms with Gasteiger partial charge >= 0.3 is 0 Å². The third-order valence-electron chi connectivity index (χ3n) is 4.32. The molecule has 3 heterocycles. The van der Waals surface area contributed by atoms with Gasteiger partial charge in [-0.1, -0.05) is 17.8 Å². The number of aromatic nitrogens is 4. The van der Waals surface area contributed by atoms with Crippen molar-refractivity contribution in [2.75, 3.05) is 42.3 Å². The molecule has 2 aromatic heterocycles. The smallest absolute Gasteiger partial charge is 0.269 e. The number of piperidine rings is 1. The van der Waals surface area contributed by atoms with Crippen LogP contribution >= 0.6 is 11.5 Å². The second kappa shape index (κ2) is 8.39. The molecule has 0 radical (unpaired) electrons. The number of rotatable bonds is 6. The third kappa shape index (κ3) is 4.09. The molecule has 0 unspecified atom stereocenters. The number of carbonyl (C=O) groups excluding carboxylic acids is 1. The molecule has 0 atom stereocenters. The van der Waals surface area contributed by atoms with Crippen LogP contribution in [0.4, 0.5) is 17.5 Å². The van der Waals surface area contributed by atoms with Crippen molar-refractivity contribution in [1.82, 2.24) is 19.6 Å². The normalized spacial score (nSPS) is 14.3. The first-order valence-electron chi connectivity index (χ1n) is 9.02. The average Bonchev–Trinajstić information content (AvgIpc) is 3.11. The molecule has 1 saturated heterocycles. The van der Waals surface area contributed by atoms with Gasteiger partial charge in [0.25, 0.3) is 5.91 Å². The number of carbonyl (C=O) groups is 1. The largest absolute Gasteiger partial charge is 0.361 e. The summed E-state index contributed by atoms with van der Waals surface area (Å²) in [6.45, 7) is 4.01. The van der Waals surface area contributed by atoms with E-state index >= 15 is 0 Å². The maximum Gasteiger partial charge on any atom is 0.269 e. The van der Waals surface area contributed by atoms with Crippen LogP contribution in [-0.4, -0.2) is 52.6 Å². The average molecular weight is 376 g/mol. The lowest BCUT2D eigenvalue weighted by atomic mass is 10.1. The van der Waals surface area contributed by atoms with Crippen LogP contribution in [0.15, 0.2) is 6.20 Å². The van der Waals surface area contributed by atoms with E-state index in [1.165, 1.54) is 6.42 Å². The summed E-state index contributed by atoms with van der Waals surface area (Å²) < 4.78 is 3.92. The molecule has 1 aliphatic heterocycles. The van der Waals surface area contributed by atoms with Gasteiger partial charge in [-0.15, -0.1) is 5.10 Å². The summed E-state index contributed by atoms with van der Waals surface area (Å²) in [5, 5.41) is 6.99. The van der Waals surface area contributed by atoms with Crippen molar-refractivity contribution >= 4 is 34.9 Å². The second-order valence-corrected chi connectivity index (χ2v) is 7.36. The summed E-state index contributed by atoms with van der Waals surface area (Å²) in [7, 11) is 3.82. The molecule has 1 fully saturated rings. The first kappa shape index (κ1) is 18.5. The van der Waals surface area contributed by atoms with E-state index in [4.69, 9.17) is 0 Å². The molecular weight excluding hydrogens is 350 g/mol. The fourth-order valence-electron chi connectivity index (χ4n) is 3.00. The summed E-state index contributed by atoms with van der Waals surface area (Å²) in [4.78, 5) is 26.5. The van der Waals surface area contributed by atoms with Crippen LogP contribution in [0.2, 0.25) is 0 Å². The number of anilines is 3. The Bertz CT molecular complexity index is 755. The number of nitrogens with one attached hydrogen (secondary N) is 1.